The first-order chi connectivity index (χ1) is 10.0. The summed E-state index contributed by atoms with van der Waals surface area (Å²) in [7, 11) is 0. The van der Waals surface area contributed by atoms with Crippen molar-refractivity contribution >= 4 is 22.5 Å². The summed E-state index contributed by atoms with van der Waals surface area (Å²) in [6.07, 6.45) is -4.46. The molecular formula is C15H10F3N3. The lowest BCUT2D eigenvalue weighted by Crippen LogP contribution is -2.09. The molecule has 0 spiro atoms. The zero-order valence-corrected chi connectivity index (χ0v) is 10.7. The minimum atomic E-state index is -4.46. The van der Waals surface area contributed by atoms with E-state index in [2.05, 4.69) is 15.3 Å². The normalized spacial score (nSPS) is 11.6. The van der Waals surface area contributed by atoms with Gasteiger partial charge in [0, 0.05) is 5.39 Å². The summed E-state index contributed by atoms with van der Waals surface area (Å²) in [5, 5.41) is 3.74. The fourth-order valence-corrected chi connectivity index (χ4v) is 1.93. The van der Waals surface area contributed by atoms with Crippen molar-refractivity contribution in [3.8, 4) is 0 Å². The fourth-order valence-electron chi connectivity index (χ4n) is 1.93. The summed E-state index contributed by atoms with van der Waals surface area (Å²) in [5.41, 5.74) is -0.178. The van der Waals surface area contributed by atoms with Crippen LogP contribution in [0.1, 0.15) is 5.69 Å². The molecule has 0 radical (unpaired) electrons. The highest BCUT2D eigenvalue weighted by atomic mass is 19.4. The molecule has 3 aromatic rings. The number of fused-ring (bicyclic) bond motifs is 1. The van der Waals surface area contributed by atoms with Crippen LogP contribution < -0.4 is 5.32 Å². The van der Waals surface area contributed by atoms with Crippen LogP contribution in [0.15, 0.2) is 54.6 Å². The molecule has 6 heteroatoms. The lowest BCUT2D eigenvalue weighted by Gasteiger charge is -2.09. The third-order valence-corrected chi connectivity index (χ3v) is 2.89. The van der Waals surface area contributed by atoms with Crippen molar-refractivity contribution in [2.24, 2.45) is 0 Å². The first kappa shape index (κ1) is 13.4. The number of hydrogen-bond donors (Lipinski definition) is 1. The Morgan fingerprint density at radius 3 is 2.33 bits per heavy atom. The largest absolute Gasteiger partial charge is 0.433 e. The number of hydrogen-bond acceptors (Lipinski definition) is 3. The number of alkyl halides is 3. The molecule has 1 N–H and O–H groups in total. The van der Waals surface area contributed by atoms with Gasteiger partial charge in [0.25, 0.3) is 0 Å². The summed E-state index contributed by atoms with van der Waals surface area (Å²) in [6.45, 7) is 0. The standard InChI is InChI=1S/C15H10F3N3/c16-15(17,18)12-6-3-7-13(20-12)21-14-9-8-10-4-1-2-5-11(10)19-14/h1-9H,(H,19,20,21). The molecule has 0 bridgehead atoms. The zero-order chi connectivity index (χ0) is 14.9. The molecule has 0 unspecified atom stereocenters. The van der Waals surface area contributed by atoms with Gasteiger partial charge in [-0.1, -0.05) is 24.3 Å². The SMILES string of the molecule is FC(F)(F)c1cccc(Nc2ccc3ccccc3n2)n1. The van der Waals surface area contributed by atoms with E-state index in [-0.39, 0.29) is 5.82 Å². The molecule has 0 saturated carbocycles. The number of nitrogens with zero attached hydrogens (tertiary/aromatic N) is 2. The van der Waals surface area contributed by atoms with Gasteiger partial charge in [-0.15, -0.1) is 0 Å². The van der Waals surface area contributed by atoms with Crippen molar-refractivity contribution in [3.05, 3.63) is 60.3 Å². The molecule has 0 aliphatic rings. The van der Waals surface area contributed by atoms with Gasteiger partial charge in [0.15, 0.2) is 0 Å². The van der Waals surface area contributed by atoms with Gasteiger partial charge in [0.1, 0.15) is 17.3 Å². The Hall–Kier alpha value is -2.63. The molecule has 0 saturated heterocycles. The maximum Gasteiger partial charge on any atom is 0.433 e. The number of rotatable bonds is 2. The minimum Gasteiger partial charge on any atom is -0.325 e. The third-order valence-electron chi connectivity index (χ3n) is 2.89. The average molecular weight is 289 g/mol. The second-order valence-electron chi connectivity index (χ2n) is 4.42. The van der Waals surface area contributed by atoms with Gasteiger partial charge in [-0.2, -0.15) is 13.2 Å². The summed E-state index contributed by atoms with van der Waals surface area (Å²) < 4.78 is 37.8. The van der Waals surface area contributed by atoms with Crippen molar-refractivity contribution in [2.75, 3.05) is 5.32 Å². The Balaban J connectivity index is 1.91. The Labute approximate surface area is 118 Å². The number of benzene rings is 1. The quantitative estimate of drug-likeness (QED) is 0.760. The molecule has 3 nitrogen and oxygen atoms in total. The summed E-state index contributed by atoms with van der Waals surface area (Å²) in [6, 6.07) is 14.7. The van der Waals surface area contributed by atoms with Crippen molar-refractivity contribution in [1.82, 2.24) is 9.97 Å². The number of aromatic nitrogens is 2. The van der Waals surface area contributed by atoms with Crippen molar-refractivity contribution < 1.29 is 13.2 Å². The molecule has 21 heavy (non-hydrogen) atoms. The Bertz CT molecular complexity index is 784. The zero-order valence-electron chi connectivity index (χ0n) is 10.7. The maximum absolute atomic E-state index is 12.6. The molecule has 0 aliphatic carbocycles. The molecular weight excluding hydrogens is 279 g/mol. The van der Waals surface area contributed by atoms with Crippen LogP contribution in [0.2, 0.25) is 0 Å². The van der Waals surface area contributed by atoms with Crippen LogP contribution in [0.25, 0.3) is 10.9 Å². The van der Waals surface area contributed by atoms with Crippen molar-refractivity contribution in [3.63, 3.8) is 0 Å². The van der Waals surface area contributed by atoms with E-state index in [4.69, 9.17) is 0 Å². The average Bonchev–Trinajstić information content (AvgIpc) is 2.46. The molecule has 1 aromatic carbocycles. The van der Waals surface area contributed by atoms with E-state index in [0.29, 0.717) is 5.82 Å². The lowest BCUT2D eigenvalue weighted by molar-refractivity contribution is -0.141. The Morgan fingerprint density at radius 2 is 1.52 bits per heavy atom. The topological polar surface area (TPSA) is 37.8 Å². The molecule has 2 heterocycles. The van der Waals surface area contributed by atoms with E-state index in [1.807, 2.05) is 30.3 Å². The summed E-state index contributed by atoms with van der Waals surface area (Å²) in [4.78, 5) is 7.87. The highest BCUT2D eigenvalue weighted by Gasteiger charge is 2.32. The maximum atomic E-state index is 12.6. The number of halogens is 3. The van der Waals surface area contributed by atoms with Crippen LogP contribution in [0.4, 0.5) is 24.8 Å². The van der Waals surface area contributed by atoms with E-state index >= 15 is 0 Å². The highest BCUT2D eigenvalue weighted by molar-refractivity contribution is 5.80. The molecule has 0 aliphatic heterocycles. The summed E-state index contributed by atoms with van der Waals surface area (Å²) >= 11 is 0. The Kier molecular flexibility index (Phi) is 3.21. The van der Waals surface area contributed by atoms with Crippen LogP contribution >= 0.6 is 0 Å². The van der Waals surface area contributed by atoms with E-state index in [9.17, 15) is 13.2 Å². The van der Waals surface area contributed by atoms with Crippen LogP contribution in [-0.4, -0.2) is 9.97 Å². The van der Waals surface area contributed by atoms with Crippen LogP contribution in [0, 0.1) is 0 Å². The van der Waals surface area contributed by atoms with E-state index < -0.39 is 11.9 Å². The van der Waals surface area contributed by atoms with E-state index in [1.54, 1.807) is 6.07 Å². The minimum absolute atomic E-state index is 0.104. The first-order valence-corrected chi connectivity index (χ1v) is 6.19. The molecule has 0 atom stereocenters. The Morgan fingerprint density at radius 1 is 0.762 bits per heavy atom. The predicted octanol–water partition coefficient (Wildman–Crippen LogP) is 4.39. The van der Waals surface area contributed by atoms with Gasteiger partial charge in [0.2, 0.25) is 0 Å². The van der Waals surface area contributed by atoms with Crippen LogP contribution in [0.5, 0.6) is 0 Å². The van der Waals surface area contributed by atoms with Gasteiger partial charge < -0.3 is 5.32 Å². The fraction of sp³-hybridized carbons (Fsp3) is 0.0667. The predicted molar refractivity (Wildman–Crippen MR) is 74.3 cm³/mol. The second kappa shape index (κ2) is 5.05. The van der Waals surface area contributed by atoms with Crippen LogP contribution in [-0.2, 0) is 6.18 Å². The van der Waals surface area contributed by atoms with Crippen molar-refractivity contribution in [2.45, 2.75) is 6.18 Å². The number of nitrogens with one attached hydrogen (secondary N) is 1. The molecule has 106 valence electrons. The number of para-hydroxylation sites is 1. The van der Waals surface area contributed by atoms with Gasteiger partial charge in [0.05, 0.1) is 5.52 Å². The molecule has 3 rings (SSSR count). The first-order valence-electron chi connectivity index (χ1n) is 6.19. The number of pyridine rings is 2. The lowest BCUT2D eigenvalue weighted by atomic mass is 10.2. The molecule has 2 aromatic heterocycles. The van der Waals surface area contributed by atoms with Gasteiger partial charge in [-0.3, -0.25) is 0 Å². The summed E-state index contributed by atoms with van der Waals surface area (Å²) in [5.74, 6) is 0.549. The number of anilines is 2. The molecule has 0 fully saturated rings. The smallest absolute Gasteiger partial charge is 0.325 e. The van der Waals surface area contributed by atoms with E-state index in [0.717, 1.165) is 17.0 Å². The highest BCUT2D eigenvalue weighted by Crippen LogP contribution is 2.28. The third kappa shape index (κ3) is 2.94. The van der Waals surface area contributed by atoms with Gasteiger partial charge in [-0.05, 0) is 30.3 Å². The van der Waals surface area contributed by atoms with Gasteiger partial charge in [-0.25, -0.2) is 9.97 Å². The van der Waals surface area contributed by atoms with Crippen molar-refractivity contribution in [1.29, 1.82) is 0 Å². The van der Waals surface area contributed by atoms with Gasteiger partial charge >= 0.3 is 6.18 Å². The second-order valence-corrected chi connectivity index (χ2v) is 4.42. The molecule has 0 amide bonds. The van der Waals surface area contributed by atoms with E-state index in [1.165, 1.54) is 12.1 Å². The monoisotopic (exact) mass is 289 g/mol. The van der Waals surface area contributed by atoms with Crippen LogP contribution in [0.3, 0.4) is 0 Å².